The van der Waals surface area contributed by atoms with E-state index in [2.05, 4.69) is 0 Å². The summed E-state index contributed by atoms with van der Waals surface area (Å²) in [6.45, 7) is 2.94. The van der Waals surface area contributed by atoms with Crippen molar-refractivity contribution in [2.75, 3.05) is 20.3 Å². The Hall–Kier alpha value is -0.690. The van der Waals surface area contributed by atoms with Crippen molar-refractivity contribution in [1.82, 2.24) is 0 Å². The van der Waals surface area contributed by atoms with Crippen LogP contribution in [0, 0.1) is 5.92 Å². The molecule has 0 aromatic carbocycles. The molecule has 6 nitrogen and oxygen atoms in total. The van der Waals surface area contributed by atoms with Gasteiger partial charge in [0.2, 0.25) is 0 Å². The van der Waals surface area contributed by atoms with Crippen LogP contribution >= 0.6 is 0 Å². The molecule has 1 unspecified atom stereocenters. The van der Waals surface area contributed by atoms with E-state index in [-0.39, 0.29) is 12.3 Å². The fraction of sp³-hybridized carbons (Fsp3) is 0.917. The summed E-state index contributed by atoms with van der Waals surface area (Å²) in [6.07, 6.45) is 0.0474. The maximum atomic E-state index is 12.1. The highest BCUT2D eigenvalue weighted by molar-refractivity contribution is 5.80. The highest BCUT2D eigenvalue weighted by Crippen LogP contribution is 2.39. The summed E-state index contributed by atoms with van der Waals surface area (Å²) < 4.78 is 21.1. The molecule has 0 amide bonds. The predicted octanol–water partition coefficient (Wildman–Crippen LogP) is 0.426. The maximum absolute atomic E-state index is 12.1. The van der Waals surface area contributed by atoms with Crippen LogP contribution in [0.4, 0.5) is 0 Å². The van der Waals surface area contributed by atoms with Crippen LogP contribution < -0.4 is 0 Å². The van der Waals surface area contributed by atoms with Crippen LogP contribution in [0.25, 0.3) is 0 Å². The third-order valence-electron chi connectivity index (χ3n) is 3.68. The van der Waals surface area contributed by atoms with Crippen LogP contribution in [-0.4, -0.2) is 49.6 Å². The van der Waals surface area contributed by atoms with E-state index < -0.39 is 24.2 Å². The number of methoxy groups -OCH3 is 1. The minimum Gasteiger partial charge on any atom is -0.467 e. The van der Waals surface area contributed by atoms with Gasteiger partial charge in [-0.25, -0.2) is 4.79 Å². The Bertz CT molecular complexity index is 301. The van der Waals surface area contributed by atoms with Crippen molar-refractivity contribution < 1.29 is 28.8 Å². The van der Waals surface area contributed by atoms with Crippen molar-refractivity contribution in [2.45, 2.75) is 44.4 Å². The molecule has 0 spiro atoms. The number of ether oxygens (including phenoxy) is 4. The smallest absolute Gasteiger partial charge is 0.338 e. The number of hydrogen-bond donors (Lipinski definition) is 1. The molecule has 0 aliphatic carbocycles. The Morgan fingerprint density at radius 2 is 2.06 bits per heavy atom. The second-order valence-corrected chi connectivity index (χ2v) is 4.81. The summed E-state index contributed by atoms with van der Waals surface area (Å²) in [6, 6.07) is 0. The molecule has 0 saturated carbocycles. The zero-order valence-electron chi connectivity index (χ0n) is 10.8. The van der Waals surface area contributed by atoms with Gasteiger partial charge in [0.1, 0.15) is 0 Å². The fourth-order valence-corrected chi connectivity index (χ4v) is 2.57. The Labute approximate surface area is 106 Å². The van der Waals surface area contributed by atoms with Crippen LogP contribution in [0.2, 0.25) is 0 Å². The van der Waals surface area contributed by atoms with Gasteiger partial charge in [0.05, 0.1) is 20.3 Å². The Kier molecular flexibility index (Phi) is 4.21. The molecule has 6 heteroatoms. The summed E-state index contributed by atoms with van der Waals surface area (Å²) in [5, 5.41) is 9.67. The number of aliphatic hydroxyl groups is 1. The molecule has 18 heavy (non-hydrogen) atoms. The molecule has 3 atom stereocenters. The van der Waals surface area contributed by atoms with Gasteiger partial charge in [0.15, 0.2) is 18.2 Å². The first-order chi connectivity index (χ1) is 8.58. The Morgan fingerprint density at radius 3 is 2.67 bits per heavy atom. The van der Waals surface area contributed by atoms with Gasteiger partial charge in [0, 0.05) is 6.42 Å². The molecule has 0 bridgehead atoms. The largest absolute Gasteiger partial charge is 0.467 e. The van der Waals surface area contributed by atoms with Gasteiger partial charge in [-0.2, -0.15) is 0 Å². The fourth-order valence-electron chi connectivity index (χ4n) is 2.57. The molecule has 0 aromatic rings. The standard InChI is InChI=1S/C12H20O6/c1-8-3-4-9(13)18-12(8,11(14)15-2)7-10-16-5-6-17-10/h8-10,13H,3-7H2,1-2H3/t8-,9?,12+/m0/s1. The van der Waals surface area contributed by atoms with E-state index in [1.165, 1.54) is 7.11 Å². The van der Waals surface area contributed by atoms with Gasteiger partial charge in [-0.1, -0.05) is 6.92 Å². The highest BCUT2D eigenvalue weighted by atomic mass is 16.7. The minimum atomic E-state index is -1.18. The Morgan fingerprint density at radius 1 is 1.39 bits per heavy atom. The molecule has 104 valence electrons. The quantitative estimate of drug-likeness (QED) is 0.742. The van der Waals surface area contributed by atoms with Crippen molar-refractivity contribution in [2.24, 2.45) is 5.92 Å². The lowest BCUT2D eigenvalue weighted by Gasteiger charge is -2.42. The summed E-state index contributed by atoms with van der Waals surface area (Å²) in [7, 11) is 1.32. The summed E-state index contributed by atoms with van der Waals surface area (Å²) in [4.78, 5) is 12.1. The lowest BCUT2D eigenvalue weighted by molar-refractivity contribution is -0.256. The summed E-state index contributed by atoms with van der Waals surface area (Å²) >= 11 is 0. The van der Waals surface area contributed by atoms with Gasteiger partial charge < -0.3 is 24.1 Å². The number of aliphatic hydroxyl groups excluding tert-OH is 1. The van der Waals surface area contributed by atoms with Gasteiger partial charge >= 0.3 is 5.97 Å². The number of esters is 1. The molecule has 2 saturated heterocycles. The van der Waals surface area contributed by atoms with Crippen molar-refractivity contribution in [3.8, 4) is 0 Å². The molecule has 2 heterocycles. The van der Waals surface area contributed by atoms with E-state index in [0.29, 0.717) is 26.1 Å². The van der Waals surface area contributed by atoms with Crippen LogP contribution in [0.5, 0.6) is 0 Å². The van der Waals surface area contributed by atoms with Crippen LogP contribution in [0.15, 0.2) is 0 Å². The van der Waals surface area contributed by atoms with E-state index in [1.54, 1.807) is 0 Å². The second-order valence-electron chi connectivity index (χ2n) is 4.81. The first-order valence-corrected chi connectivity index (χ1v) is 6.26. The normalized spacial score (nSPS) is 37.7. The van der Waals surface area contributed by atoms with E-state index in [0.717, 1.165) is 0 Å². The third-order valence-corrected chi connectivity index (χ3v) is 3.68. The third kappa shape index (κ3) is 2.51. The van der Waals surface area contributed by atoms with Crippen LogP contribution in [-0.2, 0) is 23.7 Å². The summed E-state index contributed by atoms with van der Waals surface area (Å²) in [5.74, 6) is -0.533. The SMILES string of the molecule is COC(=O)[C@]1(CC2OCCO2)OC(O)CC[C@@H]1C. The van der Waals surface area contributed by atoms with E-state index in [4.69, 9.17) is 18.9 Å². The minimum absolute atomic E-state index is 0.0545. The molecular formula is C12H20O6. The Balaban J connectivity index is 2.17. The maximum Gasteiger partial charge on any atom is 0.338 e. The number of carbonyl (C=O) groups is 1. The lowest BCUT2D eigenvalue weighted by Crippen LogP contribution is -2.55. The monoisotopic (exact) mass is 260 g/mol. The molecule has 2 aliphatic heterocycles. The molecule has 2 aliphatic rings. The molecule has 2 rings (SSSR count). The van der Waals surface area contributed by atoms with Gasteiger partial charge in [-0.15, -0.1) is 0 Å². The average Bonchev–Trinajstić information content (AvgIpc) is 2.85. The second kappa shape index (κ2) is 5.52. The molecular weight excluding hydrogens is 240 g/mol. The molecule has 1 N–H and O–H groups in total. The van der Waals surface area contributed by atoms with Gasteiger partial charge in [-0.3, -0.25) is 0 Å². The average molecular weight is 260 g/mol. The van der Waals surface area contributed by atoms with E-state index >= 15 is 0 Å². The first kappa shape index (κ1) is 13.7. The highest BCUT2D eigenvalue weighted by Gasteiger charge is 2.52. The van der Waals surface area contributed by atoms with E-state index in [9.17, 15) is 9.90 Å². The van der Waals surface area contributed by atoms with Crippen LogP contribution in [0.1, 0.15) is 26.2 Å². The zero-order chi connectivity index (χ0) is 13.2. The van der Waals surface area contributed by atoms with E-state index in [1.807, 2.05) is 6.92 Å². The molecule has 0 aromatic heterocycles. The molecule has 2 fully saturated rings. The van der Waals surface area contributed by atoms with Crippen LogP contribution in [0.3, 0.4) is 0 Å². The topological polar surface area (TPSA) is 74.2 Å². The van der Waals surface area contributed by atoms with Gasteiger partial charge in [0.25, 0.3) is 0 Å². The number of hydrogen-bond acceptors (Lipinski definition) is 6. The van der Waals surface area contributed by atoms with Gasteiger partial charge in [-0.05, 0) is 18.8 Å². The van der Waals surface area contributed by atoms with Crippen molar-refractivity contribution in [1.29, 1.82) is 0 Å². The van der Waals surface area contributed by atoms with Crippen molar-refractivity contribution >= 4 is 5.97 Å². The van der Waals surface area contributed by atoms with Crippen molar-refractivity contribution in [3.05, 3.63) is 0 Å². The molecule has 0 radical (unpaired) electrons. The number of carbonyl (C=O) groups excluding carboxylic acids is 1. The first-order valence-electron chi connectivity index (χ1n) is 6.26. The summed E-state index contributed by atoms with van der Waals surface area (Å²) in [5.41, 5.74) is -1.18. The lowest BCUT2D eigenvalue weighted by atomic mass is 9.80. The zero-order valence-corrected chi connectivity index (χ0v) is 10.8. The van der Waals surface area contributed by atoms with Crippen molar-refractivity contribution in [3.63, 3.8) is 0 Å². The number of rotatable bonds is 3. The predicted molar refractivity (Wildman–Crippen MR) is 60.5 cm³/mol.